The molecular weight excluding hydrogens is 364 g/mol. The molecule has 0 N–H and O–H groups in total. The van der Waals surface area contributed by atoms with Crippen LogP contribution in [0, 0.1) is 23.7 Å². The summed E-state index contributed by atoms with van der Waals surface area (Å²) in [5, 5.41) is 0. The van der Waals surface area contributed by atoms with Gasteiger partial charge in [0.1, 0.15) is 0 Å². The monoisotopic (exact) mass is 386 g/mol. The van der Waals surface area contributed by atoms with Gasteiger partial charge in [0, 0.05) is 17.8 Å². The molecular formula is C24H22N2O3. The number of benzene rings is 2. The van der Waals surface area contributed by atoms with E-state index >= 15 is 0 Å². The number of anilines is 2. The van der Waals surface area contributed by atoms with Crippen LogP contribution in [0.1, 0.15) is 23.7 Å². The van der Waals surface area contributed by atoms with Crippen LogP contribution in [0.3, 0.4) is 0 Å². The summed E-state index contributed by atoms with van der Waals surface area (Å²) >= 11 is 0. The van der Waals surface area contributed by atoms with Gasteiger partial charge in [-0.25, -0.2) is 0 Å². The number of nitrogens with zero attached hydrogens (tertiary/aromatic N) is 2. The van der Waals surface area contributed by atoms with Crippen molar-refractivity contribution in [2.24, 2.45) is 23.7 Å². The standard InChI is InChI=1S/C24H22N2O3/c1-2-25(18-6-4-3-5-7-18)22(27)15-10-12-19(13-11-15)26-23(28)20-16-8-9-17(14-16)21(20)24(26)29/h3-13,16-17,20-21H,2,14H2,1H3/t16-,17-,20-,21+/m0/s1. The lowest BCUT2D eigenvalue weighted by atomic mass is 9.85. The van der Waals surface area contributed by atoms with Crippen LogP contribution in [0.25, 0.3) is 0 Å². The van der Waals surface area contributed by atoms with Gasteiger partial charge in [0.2, 0.25) is 11.8 Å². The van der Waals surface area contributed by atoms with Gasteiger partial charge < -0.3 is 4.90 Å². The minimum atomic E-state index is -0.215. The number of rotatable bonds is 4. The van der Waals surface area contributed by atoms with Crippen molar-refractivity contribution in [2.45, 2.75) is 13.3 Å². The number of para-hydroxylation sites is 1. The summed E-state index contributed by atoms with van der Waals surface area (Å²) in [7, 11) is 0. The average molecular weight is 386 g/mol. The molecule has 5 nitrogen and oxygen atoms in total. The predicted octanol–water partition coefficient (Wildman–Crippen LogP) is 3.66. The van der Waals surface area contributed by atoms with Crippen LogP contribution in [-0.4, -0.2) is 24.3 Å². The second kappa shape index (κ2) is 6.69. The second-order valence-corrected chi connectivity index (χ2v) is 7.94. The number of carbonyl (C=O) groups is 3. The molecule has 0 unspecified atom stereocenters. The first-order valence-corrected chi connectivity index (χ1v) is 10.1. The molecule has 2 aromatic rings. The fourth-order valence-corrected chi connectivity index (χ4v) is 5.12. The molecule has 2 aromatic carbocycles. The largest absolute Gasteiger partial charge is 0.309 e. The van der Waals surface area contributed by atoms with Gasteiger partial charge in [-0.05, 0) is 61.6 Å². The van der Waals surface area contributed by atoms with Crippen LogP contribution < -0.4 is 9.80 Å². The Kier molecular flexibility index (Phi) is 4.12. The zero-order chi connectivity index (χ0) is 20.1. The van der Waals surface area contributed by atoms with E-state index in [1.165, 1.54) is 4.90 Å². The van der Waals surface area contributed by atoms with Gasteiger partial charge in [-0.3, -0.25) is 19.3 Å². The lowest BCUT2D eigenvalue weighted by Gasteiger charge is -2.22. The van der Waals surface area contributed by atoms with E-state index in [4.69, 9.17) is 0 Å². The van der Waals surface area contributed by atoms with Crippen LogP contribution >= 0.6 is 0 Å². The van der Waals surface area contributed by atoms with Gasteiger partial charge in [0.05, 0.1) is 17.5 Å². The summed E-state index contributed by atoms with van der Waals surface area (Å²) < 4.78 is 0. The molecule has 1 aliphatic heterocycles. The topological polar surface area (TPSA) is 57.7 Å². The molecule has 4 atom stereocenters. The van der Waals surface area contributed by atoms with E-state index in [1.807, 2.05) is 37.3 Å². The molecule has 146 valence electrons. The van der Waals surface area contributed by atoms with E-state index in [9.17, 15) is 14.4 Å². The summed E-state index contributed by atoms with van der Waals surface area (Å²) in [6, 6.07) is 16.3. The summed E-state index contributed by atoms with van der Waals surface area (Å²) in [5.41, 5.74) is 1.92. The van der Waals surface area contributed by atoms with Crippen LogP contribution in [0.15, 0.2) is 66.7 Å². The minimum Gasteiger partial charge on any atom is -0.309 e. The molecule has 1 heterocycles. The van der Waals surface area contributed by atoms with Gasteiger partial charge in [-0.1, -0.05) is 30.4 Å². The van der Waals surface area contributed by atoms with Crippen molar-refractivity contribution >= 4 is 29.1 Å². The zero-order valence-electron chi connectivity index (χ0n) is 16.2. The summed E-state index contributed by atoms with van der Waals surface area (Å²) in [5.74, 6) is -0.359. The Labute approximate surface area is 169 Å². The van der Waals surface area contributed by atoms with Crippen molar-refractivity contribution in [1.82, 2.24) is 0 Å². The highest BCUT2D eigenvalue weighted by Crippen LogP contribution is 2.53. The van der Waals surface area contributed by atoms with E-state index in [0.717, 1.165) is 12.1 Å². The fourth-order valence-electron chi connectivity index (χ4n) is 5.12. The first kappa shape index (κ1) is 17.9. The summed E-state index contributed by atoms with van der Waals surface area (Å²) in [4.78, 5) is 41.9. The molecule has 3 aliphatic rings. The van der Waals surface area contributed by atoms with E-state index in [0.29, 0.717) is 17.8 Å². The highest BCUT2D eigenvalue weighted by atomic mass is 16.2. The highest BCUT2D eigenvalue weighted by molar-refractivity contribution is 6.23. The molecule has 0 spiro atoms. The van der Waals surface area contributed by atoms with Crippen molar-refractivity contribution in [1.29, 1.82) is 0 Å². The van der Waals surface area contributed by atoms with Crippen molar-refractivity contribution < 1.29 is 14.4 Å². The van der Waals surface area contributed by atoms with Crippen LogP contribution in [-0.2, 0) is 9.59 Å². The van der Waals surface area contributed by atoms with Gasteiger partial charge in [0.15, 0.2) is 0 Å². The zero-order valence-corrected chi connectivity index (χ0v) is 16.2. The van der Waals surface area contributed by atoms with Gasteiger partial charge >= 0.3 is 0 Å². The molecule has 2 bridgehead atoms. The number of hydrogen-bond donors (Lipinski definition) is 0. The number of allylic oxidation sites excluding steroid dienone is 2. The molecule has 1 saturated heterocycles. The average Bonchev–Trinajstić information content (AvgIpc) is 3.43. The fraction of sp³-hybridized carbons (Fsp3) is 0.292. The molecule has 5 rings (SSSR count). The Hall–Kier alpha value is -3.21. The summed E-state index contributed by atoms with van der Waals surface area (Å²) in [6.07, 6.45) is 5.09. The predicted molar refractivity (Wildman–Crippen MR) is 110 cm³/mol. The quantitative estimate of drug-likeness (QED) is 0.595. The molecule has 2 aliphatic carbocycles. The van der Waals surface area contributed by atoms with E-state index in [-0.39, 0.29) is 41.4 Å². The Balaban J connectivity index is 1.39. The molecule has 3 amide bonds. The normalized spacial score (nSPS) is 26.9. The number of carbonyl (C=O) groups excluding carboxylic acids is 3. The lowest BCUT2D eigenvalue weighted by Crippen LogP contribution is -2.33. The third-order valence-electron chi connectivity index (χ3n) is 6.47. The smallest absolute Gasteiger partial charge is 0.258 e. The maximum Gasteiger partial charge on any atom is 0.258 e. The number of imide groups is 1. The van der Waals surface area contributed by atoms with E-state index in [2.05, 4.69) is 12.2 Å². The molecule has 1 saturated carbocycles. The van der Waals surface area contributed by atoms with Crippen LogP contribution in [0.2, 0.25) is 0 Å². The molecule has 5 heteroatoms. The van der Waals surface area contributed by atoms with E-state index < -0.39 is 0 Å². The maximum absolute atomic E-state index is 13.0. The lowest BCUT2D eigenvalue weighted by molar-refractivity contribution is -0.123. The van der Waals surface area contributed by atoms with Gasteiger partial charge in [0.25, 0.3) is 5.91 Å². The molecule has 2 fully saturated rings. The Bertz CT molecular complexity index is 982. The summed E-state index contributed by atoms with van der Waals surface area (Å²) in [6.45, 7) is 2.48. The number of hydrogen-bond acceptors (Lipinski definition) is 3. The first-order chi connectivity index (χ1) is 14.1. The number of fused-ring (bicyclic) bond motifs is 5. The maximum atomic E-state index is 13.0. The van der Waals surface area contributed by atoms with Crippen molar-refractivity contribution in [2.75, 3.05) is 16.3 Å². The van der Waals surface area contributed by atoms with Crippen molar-refractivity contribution in [3.8, 4) is 0 Å². The molecule has 0 aromatic heterocycles. The number of amides is 3. The highest BCUT2D eigenvalue weighted by Gasteiger charge is 2.59. The van der Waals surface area contributed by atoms with Crippen LogP contribution in [0.4, 0.5) is 11.4 Å². The third-order valence-corrected chi connectivity index (χ3v) is 6.47. The first-order valence-electron chi connectivity index (χ1n) is 10.1. The SMILES string of the molecule is CCN(C(=O)c1ccc(N2C(=O)[C@@H]3[C@H](C2=O)[C@H]2C=C[C@H]3C2)cc1)c1ccccc1. The van der Waals surface area contributed by atoms with Crippen molar-refractivity contribution in [3.05, 3.63) is 72.3 Å². The van der Waals surface area contributed by atoms with Crippen LogP contribution in [0.5, 0.6) is 0 Å². The van der Waals surface area contributed by atoms with E-state index in [1.54, 1.807) is 29.2 Å². The third kappa shape index (κ3) is 2.64. The Morgan fingerprint density at radius 1 is 0.931 bits per heavy atom. The molecule has 0 radical (unpaired) electrons. The second-order valence-electron chi connectivity index (χ2n) is 7.94. The Morgan fingerprint density at radius 3 is 2.07 bits per heavy atom. The van der Waals surface area contributed by atoms with Gasteiger partial charge in [-0.2, -0.15) is 0 Å². The van der Waals surface area contributed by atoms with Gasteiger partial charge in [-0.15, -0.1) is 0 Å². The minimum absolute atomic E-state index is 0.101. The Morgan fingerprint density at radius 2 is 1.52 bits per heavy atom. The van der Waals surface area contributed by atoms with Crippen molar-refractivity contribution in [3.63, 3.8) is 0 Å². The molecule has 29 heavy (non-hydrogen) atoms.